The molecule has 0 aliphatic carbocycles. The van der Waals surface area contributed by atoms with E-state index in [0.29, 0.717) is 0 Å². The minimum Gasteiger partial charge on any atom is -0.497 e. The van der Waals surface area contributed by atoms with Gasteiger partial charge in [0.25, 0.3) is 5.91 Å². The second kappa shape index (κ2) is 5.82. The fourth-order valence-corrected chi connectivity index (χ4v) is 2.59. The molecule has 1 aliphatic rings. The highest BCUT2D eigenvalue weighted by Gasteiger charge is 2.24. The Balaban J connectivity index is 2.00. The van der Waals surface area contributed by atoms with Crippen molar-refractivity contribution in [2.45, 2.75) is 6.92 Å². The Morgan fingerprint density at radius 1 is 1.44 bits per heavy atom. The van der Waals surface area contributed by atoms with Gasteiger partial charge >= 0.3 is 0 Å². The van der Waals surface area contributed by atoms with E-state index in [0.717, 1.165) is 28.8 Å². The molecule has 96 valence electrons. The van der Waals surface area contributed by atoms with Gasteiger partial charge in [0.2, 0.25) is 0 Å². The molecule has 0 atom stereocenters. The van der Waals surface area contributed by atoms with Crippen LogP contribution in [-0.2, 0) is 4.79 Å². The number of likely N-dealkylation sites (N-methyl/N-ethyl adjacent to an activating group) is 1. The molecule has 1 saturated heterocycles. The van der Waals surface area contributed by atoms with Gasteiger partial charge in [-0.3, -0.25) is 4.79 Å². The van der Waals surface area contributed by atoms with Gasteiger partial charge in [0, 0.05) is 18.4 Å². The molecule has 1 N–H and O–H groups in total. The Morgan fingerprint density at radius 3 is 2.72 bits per heavy atom. The van der Waals surface area contributed by atoms with Crippen LogP contribution in [0.25, 0.3) is 0 Å². The summed E-state index contributed by atoms with van der Waals surface area (Å²) in [6, 6.07) is 7.58. The summed E-state index contributed by atoms with van der Waals surface area (Å²) in [6.07, 6.45) is 1.77. The largest absolute Gasteiger partial charge is 0.497 e. The van der Waals surface area contributed by atoms with Crippen molar-refractivity contribution in [2.24, 2.45) is 0 Å². The molecule has 1 aromatic rings. The third kappa shape index (κ3) is 2.79. The van der Waals surface area contributed by atoms with E-state index in [1.807, 2.05) is 36.1 Å². The second-order valence-corrected chi connectivity index (χ2v) is 4.80. The number of ether oxygens (including phenoxy) is 1. The topological polar surface area (TPSA) is 41.6 Å². The van der Waals surface area contributed by atoms with Gasteiger partial charge in [-0.2, -0.15) is 0 Å². The average Bonchev–Trinajstić information content (AvgIpc) is 2.77. The third-order valence-electron chi connectivity index (χ3n) is 2.72. The number of methoxy groups -OCH3 is 1. The lowest BCUT2D eigenvalue weighted by Gasteiger charge is -2.09. The van der Waals surface area contributed by atoms with E-state index in [9.17, 15) is 4.79 Å². The fraction of sp³-hybridized carbons (Fsp3) is 0.308. The molecule has 18 heavy (non-hydrogen) atoms. The van der Waals surface area contributed by atoms with Crippen molar-refractivity contribution >= 4 is 23.4 Å². The van der Waals surface area contributed by atoms with Crippen molar-refractivity contribution in [3.63, 3.8) is 0 Å². The summed E-state index contributed by atoms with van der Waals surface area (Å²) >= 11 is 1.56. The maximum Gasteiger partial charge on any atom is 0.262 e. The van der Waals surface area contributed by atoms with Gasteiger partial charge in [0.1, 0.15) is 5.75 Å². The molecule has 0 bridgehead atoms. The lowest BCUT2D eigenvalue weighted by atomic mass is 10.3. The highest BCUT2D eigenvalue weighted by molar-refractivity contribution is 8.04. The smallest absolute Gasteiger partial charge is 0.262 e. The Morgan fingerprint density at radius 2 is 2.17 bits per heavy atom. The van der Waals surface area contributed by atoms with Gasteiger partial charge < -0.3 is 15.0 Å². The molecule has 0 unspecified atom stereocenters. The molecular weight excluding hydrogens is 248 g/mol. The lowest BCUT2D eigenvalue weighted by molar-refractivity contribution is -0.124. The van der Waals surface area contributed by atoms with Gasteiger partial charge in [-0.1, -0.05) is 11.8 Å². The van der Waals surface area contributed by atoms with Crippen LogP contribution in [0.1, 0.15) is 6.92 Å². The quantitative estimate of drug-likeness (QED) is 0.848. The number of anilines is 1. The number of thioether (sulfide) groups is 1. The Labute approximate surface area is 111 Å². The van der Waals surface area contributed by atoms with Gasteiger partial charge in [-0.05, 0) is 31.2 Å². The summed E-state index contributed by atoms with van der Waals surface area (Å²) in [6.45, 7) is 2.74. The Hall–Kier alpha value is -1.62. The van der Waals surface area contributed by atoms with Crippen LogP contribution in [0, 0.1) is 0 Å². The van der Waals surface area contributed by atoms with Crippen molar-refractivity contribution < 1.29 is 9.53 Å². The number of benzene rings is 1. The van der Waals surface area contributed by atoms with Crippen molar-refractivity contribution in [3.05, 3.63) is 35.4 Å². The van der Waals surface area contributed by atoms with Crippen LogP contribution in [-0.4, -0.2) is 30.3 Å². The molecule has 0 spiro atoms. The van der Waals surface area contributed by atoms with Gasteiger partial charge in [-0.25, -0.2) is 0 Å². The van der Waals surface area contributed by atoms with Crippen LogP contribution in [0.15, 0.2) is 35.4 Å². The number of amides is 1. The van der Waals surface area contributed by atoms with Crippen molar-refractivity contribution in [1.29, 1.82) is 0 Å². The molecule has 1 fully saturated rings. The van der Waals surface area contributed by atoms with E-state index in [-0.39, 0.29) is 5.91 Å². The Bertz CT molecular complexity index is 457. The zero-order valence-electron chi connectivity index (χ0n) is 10.5. The summed E-state index contributed by atoms with van der Waals surface area (Å²) in [5, 5.41) is 3.13. The molecule has 0 saturated carbocycles. The summed E-state index contributed by atoms with van der Waals surface area (Å²) in [7, 11) is 1.64. The maximum atomic E-state index is 11.8. The number of rotatable bonds is 4. The number of nitrogens with one attached hydrogen (secondary N) is 1. The van der Waals surface area contributed by atoms with E-state index in [1.165, 1.54) is 0 Å². The normalized spacial score (nSPS) is 17.3. The molecule has 5 heteroatoms. The minimum atomic E-state index is 0.100. The van der Waals surface area contributed by atoms with Crippen LogP contribution in [0.5, 0.6) is 5.75 Å². The molecule has 1 aromatic carbocycles. The van der Waals surface area contributed by atoms with Gasteiger partial charge in [-0.15, -0.1) is 0 Å². The Kier molecular flexibility index (Phi) is 4.15. The summed E-state index contributed by atoms with van der Waals surface area (Å²) in [5.41, 5.74) is 0.937. The average molecular weight is 264 g/mol. The van der Waals surface area contributed by atoms with E-state index in [1.54, 1.807) is 25.1 Å². The number of carbonyl (C=O) groups is 1. The van der Waals surface area contributed by atoms with Crippen molar-refractivity contribution in [2.75, 3.05) is 24.8 Å². The van der Waals surface area contributed by atoms with E-state index in [2.05, 4.69) is 5.32 Å². The predicted octanol–water partition coefficient (Wildman–Crippen LogP) is 2.50. The first-order valence-corrected chi connectivity index (χ1v) is 6.76. The van der Waals surface area contributed by atoms with Crippen molar-refractivity contribution in [3.8, 4) is 5.75 Å². The number of nitrogens with zero attached hydrogens (tertiary/aromatic N) is 1. The molecule has 1 heterocycles. The van der Waals surface area contributed by atoms with E-state index >= 15 is 0 Å². The molecular formula is C13H16N2O2S. The van der Waals surface area contributed by atoms with Crippen LogP contribution in [0.3, 0.4) is 0 Å². The SMILES string of the molecule is CCN1CSC(=CNc2ccc(OC)cc2)C1=O. The first kappa shape index (κ1) is 12.8. The van der Waals surface area contributed by atoms with Gasteiger partial charge in [0.15, 0.2) is 0 Å². The third-order valence-corrected chi connectivity index (χ3v) is 3.76. The summed E-state index contributed by atoms with van der Waals surface area (Å²) < 4.78 is 5.08. The highest BCUT2D eigenvalue weighted by Crippen LogP contribution is 2.27. The van der Waals surface area contributed by atoms with Gasteiger partial charge in [0.05, 0.1) is 17.9 Å². The minimum absolute atomic E-state index is 0.100. The second-order valence-electron chi connectivity index (χ2n) is 3.82. The molecule has 4 nitrogen and oxygen atoms in total. The lowest BCUT2D eigenvalue weighted by Crippen LogP contribution is -2.24. The molecule has 1 aliphatic heterocycles. The molecule has 1 amide bonds. The zero-order chi connectivity index (χ0) is 13.0. The maximum absolute atomic E-state index is 11.8. The van der Waals surface area contributed by atoms with E-state index in [4.69, 9.17) is 4.74 Å². The summed E-state index contributed by atoms with van der Waals surface area (Å²) in [4.78, 5) is 14.4. The van der Waals surface area contributed by atoms with Crippen LogP contribution in [0.4, 0.5) is 5.69 Å². The monoisotopic (exact) mass is 264 g/mol. The molecule has 0 aromatic heterocycles. The van der Waals surface area contributed by atoms with Crippen LogP contribution in [0.2, 0.25) is 0 Å². The van der Waals surface area contributed by atoms with Crippen molar-refractivity contribution in [1.82, 2.24) is 4.90 Å². The van der Waals surface area contributed by atoms with Crippen LogP contribution >= 0.6 is 11.8 Å². The molecule has 2 rings (SSSR count). The van der Waals surface area contributed by atoms with E-state index < -0.39 is 0 Å². The van der Waals surface area contributed by atoms with Crippen LogP contribution < -0.4 is 10.1 Å². The number of hydrogen-bond acceptors (Lipinski definition) is 4. The zero-order valence-corrected chi connectivity index (χ0v) is 11.3. The number of carbonyl (C=O) groups excluding carboxylic acids is 1. The standard InChI is InChI=1S/C13H16N2O2S/c1-3-15-9-18-12(13(15)16)8-14-10-4-6-11(17-2)7-5-10/h4-8,14H,3,9H2,1-2H3. The molecule has 0 radical (unpaired) electrons. The predicted molar refractivity (Wildman–Crippen MR) is 74.5 cm³/mol. The first-order valence-electron chi connectivity index (χ1n) is 5.77. The fourth-order valence-electron chi connectivity index (χ4n) is 1.60. The first-order chi connectivity index (χ1) is 8.74. The highest BCUT2D eigenvalue weighted by atomic mass is 32.2. The summed E-state index contributed by atoms with van der Waals surface area (Å²) in [5.74, 6) is 1.66. The number of hydrogen-bond donors (Lipinski definition) is 1.